The highest BCUT2D eigenvalue weighted by Crippen LogP contribution is 2.21. The molecule has 2 aromatic carbocycles. The second-order valence-corrected chi connectivity index (χ2v) is 4.99. The largest absolute Gasteiger partial charge is 0.507 e. The van der Waals surface area contributed by atoms with Crippen LogP contribution in [0.4, 0.5) is 0 Å². The van der Waals surface area contributed by atoms with E-state index in [9.17, 15) is 9.90 Å². The Bertz CT molecular complexity index is 635. The summed E-state index contributed by atoms with van der Waals surface area (Å²) in [5.41, 5.74) is 2.18. The highest BCUT2D eigenvalue weighted by atomic mass is 16.5. The molecular weight excluding hydrogens is 266 g/mol. The zero-order valence-electron chi connectivity index (χ0n) is 12.4. The van der Waals surface area contributed by atoms with Gasteiger partial charge in [0.15, 0.2) is 0 Å². The lowest BCUT2D eigenvalue weighted by Gasteiger charge is -2.15. The van der Waals surface area contributed by atoms with Crippen molar-refractivity contribution in [2.45, 2.75) is 19.9 Å². The average molecular weight is 285 g/mol. The molecule has 0 fully saturated rings. The molecule has 0 radical (unpaired) electrons. The van der Waals surface area contributed by atoms with Crippen LogP contribution in [-0.2, 0) is 0 Å². The molecule has 0 aliphatic rings. The van der Waals surface area contributed by atoms with E-state index >= 15 is 0 Å². The monoisotopic (exact) mass is 285 g/mol. The summed E-state index contributed by atoms with van der Waals surface area (Å²) in [6.45, 7) is 3.77. The van der Waals surface area contributed by atoms with Crippen LogP contribution in [0.25, 0.3) is 0 Å². The Morgan fingerprint density at radius 1 is 1.19 bits per heavy atom. The third-order valence-electron chi connectivity index (χ3n) is 3.36. The molecule has 4 heteroatoms. The summed E-state index contributed by atoms with van der Waals surface area (Å²) in [4.78, 5) is 12.2. The van der Waals surface area contributed by atoms with Gasteiger partial charge >= 0.3 is 0 Å². The minimum absolute atomic E-state index is 0.0139. The normalized spacial score (nSPS) is 11.8. The van der Waals surface area contributed by atoms with E-state index in [2.05, 4.69) is 5.32 Å². The molecule has 1 amide bonds. The third kappa shape index (κ3) is 3.54. The molecular formula is C17H19NO3. The van der Waals surface area contributed by atoms with Gasteiger partial charge < -0.3 is 15.2 Å². The molecule has 0 heterocycles. The molecule has 0 aromatic heterocycles. The number of hydrogen-bond acceptors (Lipinski definition) is 3. The van der Waals surface area contributed by atoms with E-state index in [0.29, 0.717) is 0 Å². The summed E-state index contributed by atoms with van der Waals surface area (Å²) in [5.74, 6) is 0.466. The fourth-order valence-corrected chi connectivity index (χ4v) is 2.08. The Kier molecular flexibility index (Phi) is 4.48. The molecule has 0 spiro atoms. The Morgan fingerprint density at radius 3 is 2.48 bits per heavy atom. The fraction of sp³-hybridized carbons (Fsp3) is 0.235. The number of carbonyl (C=O) groups is 1. The number of benzene rings is 2. The minimum atomic E-state index is -0.292. The van der Waals surface area contributed by atoms with Crippen molar-refractivity contribution in [3.63, 3.8) is 0 Å². The van der Waals surface area contributed by atoms with E-state index in [1.165, 1.54) is 6.07 Å². The van der Waals surface area contributed by atoms with E-state index in [0.717, 1.165) is 16.9 Å². The van der Waals surface area contributed by atoms with Crippen LogP contribution >= 0.6 is 0 Å². The highest BCUT2D eigenvalue weighted by molar-refractivity contribution is 5.97. The molecule has 0 bridgehead atoms. The molecule has 21 heavy (non-hydrogen) atoms. The lowest BCUT2D eigenvalue weighted by molar-refractivity contribution is 0.0937. The summed E-state index contributed by atoms with van der Waals surface area (Å²) >= 11 is 0. The first-order chi connectivity index (χ1) is 10.0. The molecule has 0 aliphatic heterocycles. The minimum Gasteiger partial charge on any atom is -0.507 e. The molecule has 2 N–H and O–H groups in total. The van der Waals surface area contributed by atoms with Gasteiger partial charge in [0.1, 0.15) is 11.5 Å². The summed E-state index contributed by atoms with van der Waals surface area (Å²) in [6, 6.07) is 12.3. The van der Waals surface area contributed by atoms with E-state index < -0.39 is 0 Å². The number of methoxy groups -OCH3 is 1. The summed E-state index contributed by atoms with van der Waals surface area (Å²) in [7, 11) is 1.61. The molecule has 110 valence electrons. The maximum absolute atomic E-state index is 12.2. The molecule has 0 saturated heterocycles. The van der Waals surface area contributed by atoms with Crippen LogP contribution in [0.1, 0.15) is 34.5 Å². The quantitative estimate of drug-likeness (QED) is 0.907. The van der Waals surface area contributed by atoms with Gasteiger partial charge in [-0.2, -0.15) is 0 Å². The zero-order chi connectivity index (χ0) is 15.4. The number of nitrogens with one attached hydrogen (secondary N) is 1. The maximum atomic E-state index is 12.2. The second kappa shape index (κ2) is 6.31. The number of aromatic hydroxyl groups is 1. The van der Waals surface area contributed by atoms with Gasteiger partial charge in [0, 0.05) is 0 Å². The van der Waals surface area contributed by atoms with Gasteiger partial charge in [-0.3, -0.25) is 4.79 Å². The van der Waals surface area contributed by atoms with Crippen LogP contribution in [0.3, 0.4) is 0 Å². The van der Waals surface area contributed by atoms with E-state index in [4.69, 9.17) is 4.74 Å². The number of carbonyl (C=O) groups excluding carboxylic acids is 1. The predicted octanol–water partition coefficient (Wildman–Crippen LogP) is 3.20. The van der Waals surface area contributed by atoms with Gasteiger partial charge in [-0.15, -0.1) is 0 Å². The summed E-state index contributed by atoms with van der Waals surface area (Å²) in [6.07, 6.45) is 0. The number of hydrogen-bond donors (Lipinski definition) is 2. The SMILES string of the molecule is COc1ccc(C(C)NC(=O)c2cc(C)ccc2O)cc1. The van der Waals surface area contributed by atoms with Crippen LogP contribution in [-0.4, -0.2) is 18.1 Å². The lowest BCUT2D eigenvalue weighted by atomic mass is 10.1. The van der Waals surface area contributed by atoms with Gasteiger partial charge in [0.2, 0.25) is 0 Å². The first-order valence-corrected chi connectivity index (χ1v) is 6.75. The molecule has 0 aliphatic carbocycles. The average Bonchev–Trinajstić information content (AvgIpc) is 2.49. The summed E-state index contributed by atoms with van der Waals surface area (Å²) in [5, 5.41) is 12.7. The number of phenols is 1. The number of aryl methyl sites for hydroxylation is 1. The molecule has 0 saturated carbocycles. The number of amides is 1. The molecule has 1 unspecified atom stereocenters. The lowest BCUT2D eigenvalue weighted by Crippen LogP contribution is -2.26. The maximum Gasteiger partial charge on any atom is 0.255 e. The van der Waals surface area contributed by atoms with E-state index in [1.54, 1.807) is 19.2 Å². The molecule has 2 rings (SSSR count). The van der Waals surface area contributed by atoms with Gasteiger partial charge in [-0.05, 0) is 43.7 Å². The van der Waals surface area contributed by atoms with Gasteiger partial charge in [0.25, 0.3) is 5.91 Å². The van der Waals surface area contributed by atoms with Crippen LogP contribution in [0.5, 0.6) is 11.5 Å². The Morgan fingerprint density at radius 2 is 1.86 bits per heavy atom. The molecule has 1 atom stereocenters. The number of ether oxygens (including phenoxy) is 1. The first-order valence-electron chi connectivity index (χ1n) is 6.75. The topological polar surface area (TPSA) is 58.6 Å². The third-order valence-corrected chi connectivity index (χ3v) is 3.36. The molecule has 4 nitrogen and oxygen atoms in total. The van der Waals surface area contributed by atoms with Crippen molar-refractivity contribution in [2.75, 3.05) is 7.11 Å². The van der Waals surface area contributed by atoms with E-state index in [1.807, 2.05) is 38.1 Å². The highest BCUT2D eigenvalue weighted by Gasteiger charge is 2.15. The summed E-state index contributed by atoms with van der Waals surface area (Å²) < 4.78 is 5.11. The Labute approximate surface area is 124 Å². The second-order valence-electron chi connectivity index (χ2n) is 4.99. The predicted molar refractivity (Wildman–Crippen MR) is 81.7 cm³/mol. The van der Waals surface area contributed by atoms with Crippen LogP contribution in [0, 0.1) is 6.92 Å². The Hall–Kier alpha value is -2.49. The Balaban J connectivity index is 2.12. The van der Waals surface area contributed by atoms with Crippen molar-refractivity contribution in [2.24, 2.45) is 0 Å². The van der Waals surface area contributed by atoms with Crippen molar-refractivity contribution < 1.29 is 14.6 Å². The number of rotatable bonds is 4. The fourth-order valence-electron chi connectivity index (χ4n) is 2.08. The van der Waals surface area contributed by atoms with Gasteiger partial charge in [0.05, 0.1) is 18.7 Å². The smallest absolute Gasteiger partial charge is 0.255 e. The van der Waals surface area contributed by atoms with Crippen LogP contribution in [0.2, 0.25) is 0 Å². The van der Waals surface area contributed by atoms with E-state index in [-0.39, 0.29) is 23.3 Å². The van der Waals surface area contributed by atoms with Crippen molar-refractivity contribution in [3.05, 3.63) is 59.2 Å². The van der Waals surface area contributed by atoms with Crippen LogP contribution in [0.15, 0.2) is 42.5 Å². The first kappa shape index (κ1) is 14.9. The van der Waals surface area contributed by atoms with Crippen molar-refractivity contribution in [1.29, 1.82) is 0 Å². The number of phenolic OH excluding ortho intramolecular Hbond substituents is 1. The van der Waals surface area contributed by atoms with Crippen molar-refractivity contribution in [3.8, 4) is 11.5 Å². The zero-order valence-corrected chi connectivity index (χ0v) is 12.4. The molecule has 2 aromatic rings. The van der Waals surface area contributed by atoms with Crippen molar-refractivity contribution >= 4 is 5.91 Å². The standard InChI is InChI=1S/C17H19NO3/c1-11-4-9-16(19)15(10-11)17(20)18-12(2)13-5-7-14(21-3)8-6-13/h4-10,12,19H,1-3H3,(H,18,20). The van der Waals surface area contributed by atoms with Crippen LogP contribution < -0.4 is 10.1 Å². The van der Waals surface area contributed by atoms with Gasteiger partial charge in [-0.1, -0.05) is 23.8 Å². The van der Waals surface area contributed by atoms with Gasteiger partial charge in [-0.25, -0.2) is 0 Å². The van der Waals surface area contributed by atoms with Crippen molar-refractivity contribution in [1.82, 2.24) is 5.32 Å².